The van der Waals surface area contributed by atoms with Crippen molar-refractivity contribution in [1.82, 2.24) is 4.57 Å². The van der Waals surface area contributed by atoms with Gasteiger partial charge in [0.05, 0.1) is 6.26 Å². The van der Waals surface area contributed by atoms with Crippen LogP contribution in [0.4, 0.5) is 5.69 Å². The fraction of sp³-hybridized carbons (Fsp3) is 0.118. The summed E-state index contributed by atoms with van der Waals surface area (Å²) in [7, 11) is -1.63. The summed E-state index contributed by atoms with van der Waals surface area (Å²) < 4.78 is 26.8. The molecule has 0 aliphatic carbocycles. The standard InChI is InChI=1S/C17H16N2O3S/c1-19-11-16(14-8-3-4-9-15(14)17(19)20)12-6-5-7-13(10-12)18-23(2,21)22/h3-11,18H,1-2H3. The summed E-state index contributed by atoms with van der Waals surface area (Å²) in [6.07, 6.45) is 2.88. The van der Waals surface area contributed by atoms with Gasteiger partial charge >= 0.3 is 0 Å². The van der Waals surface area contributed by atoms with Crippen molar-refractivity contribution in [3.05, 3.63) is 65.1 Å². The maximum absolute atomic E-state index is 12.2. The number of aromatic nitrogens is 1. The number of hydrogen-bond donors (Lipinski definition) is 1. The number of aryl methyl sites for hydroxylation is 1. The summed E-state index contributed by atoms with van der Waals surface area (Å²) in [5.74, 6) is 0. The van der Waals surface area contributed by atoms with E-state index >= 15 is 0 Å². The van der Waals surface area contributed by atoms with Crippen LogP contribution in [0.15, 0.2) is 59.5 Å². The van der Waals surface area contributed by atoms with Crippen LogP contribution in [0.1, 0.15) is 0 Å². The molecule has 3 rings (SSSR count). The normalized spacial score (nSPS) is 11.6. The Kier molecular flexibility index (Phi) is 3.69. The van der Waals surface area contributed by atoms with E-state index in [-0.39, 0.29) is 5.56 Å². The Balaban J connectivity index is 2.24. The van der Waals surface area contributed by atoms with E-state index in [0.29, 0.717) is 11.1 Å². The Hall–Kier alpha value is -2.60. The number of hydrogen-bond acceptors (Lipinski definition) is 3. The molecule has 0 spiro atoms. The van der Waals surface area contributed by atoms with Crippen LogP contribution < -0.4 is 10.3 Å². The highest BCUT2D eigenvalue weighted by Crippen LogP contribution is 2.28. The number of anilines is 1. The maximum Gasteiger partial charge on any atom is 0.258 e. The third-order valence-electron chi connectivity index (χ3n) is 3.57. The van der Waals surface area contributed by atoms with Gasteiger partial charge in [-0.3, -0.25) is 9.52 Å². The zero-order chi connectivity index (χ0) is 16.6. The second kappa shape index (κ2) is 5.55. The molecular weight excluding hydrogens is 312 g/mol. The molecule has 0 saturated carbocycles. The molecule has 0 aliphatic rings. The van der Waals surface area contributed by atoms with E-state index in [1.165, 1.54) is 4.57 Å². The third-order valence-corrected chi connectivity index (χ3v) is 4.17. The molecule has 1 heterocycles. The van der Waals surface area contributed by atoms with Gasteiger partial charge in [-0.25, -0.2) is 8.42 Å². The molecule has 3 aromatic rings. The van der Waals surface area contributed by atoms with Crippen LogP contribution in [0.25, 0.3) is 21.9 Å². The molecule has 1 N–H and O–H groups in total. The Morgan fingerprint density at radius 3 is 2.39 bits per heavy atom. The Morgan fingerprint density at radius 2 is 1.70 bits per heavy atom. The van der Waals surface area contributed by atoms with Crippen molar-refractivity contribution in [2.24, 2.45) is 7.05 Å². The second-order valence-electron chi connectivity index (χ2n) is 5.46. The summed E-state index contributed by atoms with van der Waals surface area (Å²) in [5.41, 5.74) is 2.14. The summed E-state index contributed by atoms with van der Waals surface area (Å²) in [6.45, 7) is 0. The predicted octanol–water partition coefficient (Wildman–Crippen LogP) is 2.58. The highest BCUT2D eigenvalue weighted by molar-refractivity contribution is 7.92. The van der Waals surface area contributed by atoms with Crippen LogP contribution >= 0.6 is 0 Å². The summed E-state index contributed by atoms with van der Waals surface area (Å²) in [4.78, 5) is 12.2. The third kappa shape index (κ3) is 3.12. The number of pyridine rings is 1. The first-order valence-corrected chi connectivity index (χ1v) is 8.91. The largest absolute Gasteiger partial charge is 0.317 e. The topological polar surface area (TPSA) is 68.2 Å². The molecule has 0 unspecified atom stereocenters. The summed E-state index contributed by atoms with van der Waals surface area (Å²) in [5, 5.41) is 1.47. The molecule has 6 heteroatoms. The highest BCUT2D eigenvalue weighted by atomic mass is 32.2. The monoisotopic (exact) mass is 328 g/mol. The van der Waals surface area contributed by atoms with E-state index in [1.807, 2.05) is 24.3 Å². The van der Waals surface area contributed by atoms with Crippen molar-refractivity contribution in [2.75, 3.05) is 11.0 Å². The number of nitrogens with zero attached hydrogens (tertiary/aromatic N) is 1. The molecule has 0 atom stereocenters. The van der Waals surface area contributed by atoms with Gasteiger partial charge in [-0.15, -0.1) is 0 Å². The maximum atomic E-state index is 12.2. The number of fused-ring (bicyclic) bond motifs is 1. The molecular formula is C17H16N2O3S. The quantitative estimate of drug-likeness (QED) is 0.803. The molecule has 0 saturated heterocycles. The number of sulfonamides is 1. The zero-order valence-electron chi connectivity index (χ0n) is 12.8. The molecule has 0 aliphatic heterocycles. The molecule has 2 aromatic carbocycles. The SMILES string of the molecule is Cn1cc(-c2cccc(NS(C)(=O)=O)c2)c2ccccc2c1=O. The van der Waals surface area contributed by atoms with Crippen LogP contribution in [-0.2, 0) is 17.1 Å². The van der Waals surface area contributed by atoms with Crippen molar-refractivity contribution in [2.45, 2.75) is 0 Å². The highest BCUT2D eigenvalue weighted by Gasteiger charge is 2.10. The molecule has 0 fully saturated rings. The second-order valence-corrected chi connectivity index (χ2v) is 7.21. The Bertz CT molecular complexity index is 1050. The van der Waals surface area contributed by atoms with Crippen molar-refractivity contribution in [3.63, 3.8) is 0 Å². The van der Waals surface area contributed by atoms with E-state index in [2.05, 4.69) is 4.72 Å². The number of rotatable bonds is 3. The minimum atomic E-state index is -3.34. The predicted molar refractivity (Wildman–Crippen MR) is 93.1 cm³/mol. The lowest BCUT2D eigenvalue weighted by Gasteiger charge is -2.11. The van der Waals surface area contributed by atoms with Gasteiger partial charge in [-0.05, 0) is 29.1 Å². The van der Waals surface area contributed by atoms with Crippen LogP contribution in [0, 0.1) is 0 Å². The Morgan fingerprint density at radius 1 is 1.00 bits per heavy atom. The first-order valence-electron chi connectivity index (χ1n) is 7.02. The van der Waals surface area contributed by atoms with Crippen molar-refractivity contribution in [3.8, 4) is 11.1 Å². The molecule has 0 radical (unpaired) electrons. The number of benzene rings is 2. The molecule has 5 nitrogen and oxygen atoms in total. The fourth-order valence-corrected chi connectivity index (χ4v) is 3.17. The van der Waals surface area contributed by atoms with Crippen molar-refractivity contribution in [1.29, 1.82) is 0 Å². The summed E-state index contributed by atoms with van der Waals surface area (Å²) >= 11 is 0. The minimum Gasteiger partial charge on any atom is -0.317 e. The van der Waals surface area contributed by atoms with Gasteiger partial charge in [0, 0.05) is 29.9 Å². The van der Waals surface area contributed by atoms with Crippen LogP contribution in [0.3, 0.4) is 0 Å². The zero-order valence-corrected chi connectivity index (χ0v) is 13.6. The van der Waals surface area contributed by atoms with E-state index in [0.717, 1.165) is 22.8 Å². The van der Waals surface area contributed by atoms with Gasteiger partial charge in [0.15, 0.2) is 0 Å². The lowest BCUT2D eigenvalue weighted by molar-refractivity contribution is 0.607. The average Bonchev–Trinajstić information content (AvgIpc) is 2.49. The van der Waals surface area contributed by atoms with Gasteiger partial charge < -0.3 is 4.57 Å². The molecule has 0 amide bonds. The van der Waals surface area contributed by atoms with Gasteiger partial charge in [0.25, 0.3) is 5.56 Å². The smallest absolute Gasteiger partial charge is 0.258 e. The average molecular weight is 328 g/mol. The van der Waals surface area contributed by atoms with Gasteiger partial charge in [0.1, 0.15) is 0 Å². The van der Waals surface area contributed by atoms with Crippen LogP contribution in [0.5, 0.6) is 0 Å². The Labute approximate surface area is 134 Å². The number of nitrogens with one attached hydrogen (secondary N) is 1. The van der Waals surface area contributed by atoms with Gasteiger partial charge in [-0.2, -0.15) is 0 Å². The lowest BCUT2D eigenvalue weighted by Crippen LogP contribution is -2.16. The lowest BCUT2D eigenvalue weighted by atomic mass is 10.0. The fourth-order valence-electron chi connectivity index (χ4n) is 2.61. The first-order chi connectivity index (χ1) is 10.8. The van der Waals surface area contributed by atoms with Crippen molar-refractivity contribution < 1.29 is 8.42 Å². The van der Waals surface area contributed by atoms with E-state index in [9.17, 15) is 13.2 Å². The summed E-state index contributed by atoms with van der Waals surface area (Å²) in [6, 6.07) is 14.5. The van der Waals surface area contributed by atoms with E-state index in [4.69, 9.17) is 0 Å². The van der Waals surface area contributed by atoms with E-state index < -0.39 is 10.0 Å². The molecule has 118 valence electrons. The van der Waals surface area contributed by atoms with Crippen molar-refractivity contribution >= 4 is 26.5 Å². The molecule has 0 bridgehead atoms. The van der Waals surface area contributed by atoms with E-state index in [1.54, 1.807) is 37.5 Å². The minimum absolute atomic E-state index is 0.0604. The molecule has 23 heavy (non-hydrogen) atoms. The first kappa shape index (κ1) is 15.3. The van der Waals surface area contributed by atoms with Crippen LogP contribution in [-0.4, -0.2) is 19.2 Å². The van der Waals surface area contributed by atoms with Gasteiger partial charge in [-0.1, -0.05) is 30.3 Å². The van der Waals surface area contributed by atoms with Crippen LogP contribution in [0.2, 0.25) is 0 Å². The van der Waals surface area contributed by atoms with Gasteiger partial charge in [0.2, 0.25) is 10.0 Å². The molecule has 1 aromatic heterocycles.